The second kappa shape index (κ2) is 6.57. The predicted octanol–water partition coefficient (Wildman–Crippen LogP) is 3.21. The quantitative estimate of drug-likeness (QED) is 0.689. The summed E-state index contributed by atoms with van der Waals surface area (Å²) in [5.41, 5.74) is 0.855. The number of carbonyl (C=O) groups is 1. The highest BCUT2D eigenvalue weighted by Gasteiger charge is 2.26. The predicted molar refractivity (Wildman–Crippen MR) is 94.9 cm³/mol. The number of likely N-dealkylation sites (tertiary alicyclic amines) is 1. The second-order valence-electron chi connectivity index (χ2n) is 5.96. The molecule has 5 nitrogen and oxygen atoms in total. The molecule has 1 fully saturated rings. The molecule has 122 valence electrons. The summed E-state index contributed by atoms with van der Waals surface area (Å²) in [6.45, 7) is 1.50. The van der Waals surface area contributed by atoms with Crippen LogP contribution in [0.4, 0.5) is 0 Å². The maximum Gasteiger partial charge on any atom is 0.246 e. The number of hydrogen-bond acceptors (Lipinski definition) is 4. The standard InChI is InChI=1S/C18H18N4OS/c23-17(9-8-15-6-4-12-24-15)21-10-3-5-14(13-21)18-20-19-16-7-1-2-11-22(16)18/h1-2,4,6-9,11-12,14H,3,5,10,13H2/b9-8+. The van der Waals surface area contributed by atoms with Crippen LogP contribution in [0.5, 0.6) is 0 Å². The lowest BCUT2D eigenvalue weighted by Gasteiger charge is -2.31. The van der Waals surface area contributed by atoms with E-state index in [-0.39, 0.29) is 11.8 Å². The number of nitrogens with zero attached hydrogens (tertiary/aromatic N) is 4. The van der Waals surface area contributed by atoms with E-state index in [1.54, 1.807) is 17.4 Å². The number of rotatable bonds is 3. The Hall–Kier alpha value is -2.47. The van der Waals surface area contributed by atoms with Crippen LogP contribution < -0.4 is 0 Å². The SMILES string of the molecule is O=C(/C=C/c1cccs1)N1CCCC(c2nnc3ccccn23)C1. The Balaban J connectivity index is 1.50. The minimum absolute atomic E-state index is 0.0712. The van der Waals surface area contributed by atoms with Crippen LogP contribution in [0.1, 0.15) is 29.5 Å². The van der Waals surface area contributed by atoms with E-state index in [0.717, 1.165) is 35.7 Å². The lowest BCUT2D eigenvalue weighted by molar-refractivity contribution is -0.127. The molecule has 1 aliphatic rings. The lowest BCUT2D eigenvalue weighted by Crippen LogP contribution is -2.38. The van der Waals surface area contributed by atoms with Crippen molar-refractivity contribution in [2.75, 3.05) is 13.1 Å². The first-order valence-corrected chi connectivity index (χ1v) is 8.99. The highest BCUT2D eigenvalue weighted by molar-refractivity contribution is 7.10. The third-order valence-corrected chi connectivity index (χ3v) is 5.21. The fourth-order valence-electron chi connectivity index (χ4n) is 3.17. The van der Waals surface area contributed by atoms with Crippen LogP contribution in [0.2, 0.25) is 0 Å². The van der Waals surface area contributed by atoms with Crippen LogP contribution >= 0.6 is 11.3 Å². The summed E-state index contributed by atoms with van der Waals surface area (Å²) in [6.07, 6.45) is 7.58. The second-order valence-corrected chi connectivity index (χ2v) is 6.94. The molecule has 1 amide bonds. The van der Waals surface area contributed by atoms with Gasteiger partial charge in [0.2, 0.25) is 5.91 Å². The monoisotopic (exact) mass is 338 g/mol. The van der Waals surface area contributed by atoms with Gasteiger partial charge in [0.1, 0.15) is 5.82 Å². The summed E-state index contributed by atoms with van der Waals surface area (Å²) < 4.78 is 2.03. The Labute approximate surface area is 144 Å². The van der Waals surface area contributed by atoms with Gasteiger partial charge < -0.3 is 4.90 Å². The molecule has 6 heteroatoms. The van der Waals surface area contributed by atoms with Crippen LogP contribution in [-0.2, 0) is 4.79 Å². The fourth-order valence-corrected chi connectivity index (χ4v) is 3.79. The van der Waals surface area contributed by atoms with Gasteiger partial charge in [-0.2, -0.15) is 0 Å². The van der Waals surface area contributed by atoms with E-state index in [1.165, 1.54) is 0 Å². The van der Waals surface area contributed by atoms with Gasteiger partial charge in [-0.1, -0.05) is 12.1 Å². The molecule has 0 radical (unpaired) electrons. The zero-order valence-electron chi connectivity index (χ0n) is 13.2. The number of carbonyl (C=O) groups excluding carboxylic acids is 1. The number of piperidine rings is 1. The van der Waals surface area contributed by atoms with Gasteiger partial charge in [-0.05, 0) is 42.5 Å². The average molecular weight is 338 g/mol. The van der Waals surface area contributed by atoms with Crippen LogP contribution in [-0.4, -0.2) is 38.5 Å². The highest BCUT2D eigenvalue weighted by atomic mass is 32.1. The van der Waals surface area contributed by atoms with Crippen molar-refractivity contribution in [3.8, 4) is 0 Å². The smallest absolute Gasteiger partial charge is 0.246 e. The summed E-state index contributed by atoms with van der Waals surface area (Å²) in [6, 6.07) is 9.89. The molecule has 0 aromatic carbocycles. The van der Waals surface area contributed by atoms with Crippen LogP contribution in [0.25, 0.3) is 11.7 Å². The van der Waals surface area contributed by atoms with Crippen molar-refractivity contribution < 1.29 is 4.79 Å². The van der Waals surface area contributed by atoms with E-state index < -0.39 is 0 Å². The molecule has 1 aliphatic heterocycles. The third kappa shape index (κ3) is 2.97. The zero-order valence-corrected chi connectivity index (χ0v) is 14.0. The van der Waals surface area contributed by atoms with E-state index in [1.807, 2.05) is 57.3 Å². The summed E-state index contributed by atoms with van der Waals surface area (Å²) in [7, 11) is 0. The number of amides is 1. The Kier molecular flexibility index (Phi) is 4.13. The number of fused-ring (bicyclic) bond motifs is 1. The van der Waals surface area contributed by atoms with E-state index >= 15 is 0 Å². The van der Waals surface area contributed by atoms with E-state index in [9.17, 15) is 4.79 Å². The maximum atomic E-state index is 12.5. The van der Waals surface area contributed by atoms with E-state index in [2.05, 4.69) is 10.2 Å². The van der Waals surface area contributed by atoms with Gasteiger partial charge in [-0.25, -0.2) is 0 Å². The molecule has 1 saturated heterocycles. The van der Waals surface area contributed by atoms with Crippen molar-refractivity contribution >= 4 is 29.0 Å². The average Bonchev–Trinajstić information content (AvgIpc) is 3.29. The Morgan fingerprint density at radius 3 is 3.08 bits per heavy atom. The van der Waals surface area contributed by atoms with Gasteiger partial charge in [-0.15, -0.1) is 21.5 Å². The zero-order chi connectivity index (χ0) is 16.4. The van der Waals surface area contributed by atoms with Crippen molar-refractivity contribution in [2.45, 2.75) is 18.8 Å². The molecule has 0 N–H and O–H groups in total. The molecule has 0 spiro atoms. The summed E-state index contributed by atoms with van der Waals surface area (Å²) in [4.78, 5) is 15.5. The first-order valence-electron chi connectivity index (χ1n) is 8.11. The molecule has 0 saturated carbocycles. The molecule has 4 rings (SSSR count). The van der Waals surface area contributed by atoms with Crippen molar-refractivity contribution in [3.63, 3.8) is 0 Å². The molecule has 0 bridgehead atoms. The third-order valence-electron chi connectivity index (χ3n) is 4.37. The van der Waals surface area contributed by atoms with Crippen molar-refractivity contribution in [1.29, 1.82) is 0 Å². The Morgan fingerprint density at radius 1 is 1.25 bits per heavy atom. The Morgan fingerprint density at radius 2 is 2.21 bits per heavy atom. The Bertz CT molecular complexity index is 868. The number of aromatic nitrogens is 3. The molecule has 3 aromatic heterocycles. The van der Waals surface area contributed by atoms with Gasteiger partial charge in [0.05, 0.1) is 0 Å². The molecule has 4 heterocycles. The summed E-state index contributed by atoms with van der Waals surface area (Å²) in [5.74, 6) is 1.25. The van der Waals surface area contributed by atoms with Crippen molar-refractivity contribution in [1.82, 2.24) is 19.5 Å². The van der Waals surface area contributed by atoms with Crippen molar-refractivity contribution in [2.24, 2.45) is 0 Å². The summed E-state index contributed by atoms with van der Waals surface area (Å²) >= 11 is 1.63. The maximum absolute atomic E-state index is 12.5. The van der Waals surface area contributed by atoms with Crippen LogP contribution in [0.15, 0.2) is 48.0 Å². The normalized spacial score (nSPS) is 18.5. The number of thiophene rings is 1. The molecule has 0 aliphatic carbocycles. The molecular formula is C18H18N4OS. The molecule has 1 atom stereocenters. The minimum atomic E-state index is 0.0712. The fraction of sp³-hybridized carbons (Fsp3) is 0.278. The van der Waals surface area contributed by atoms with E-state index in [0.29, 0.717) is 6.54 Å². The van der Waals surface area contributed by atoms with Gasteiger partial charge >= 0.3 is 0 Å². The molecular weight excluding hydrogens is 320 g/mol. The van der Waals surface area contributed by atoms with Gasteiger partial charge in [0.15, 0.2) is 5.65 Å². The highest BCUT2D eigenvalue weighted by Crippen LogP contribution is 2.26. The number of pyridine rings is 1. The largest absolute Gasteiger partial charge is 0.338 e. The van der Waals surface area contributed by atoms with Gasteiger partial charge in [0, 0.05) is 36.2 Å². The topological polar surface area (TPSA) is 50.5 Å². The number of hydrogen-bond donors (Lipinski definition) is 0. The lowest BCUT2D eigenvalue weighted by atomic mass is 9.97. The van der Waals surface area contributed by atoms with Gasteiger partial charge in [0.25, 0.3) is 0 Å². The first kappa shape index (κ1) is 15.1. The minimum Gasteiger partial charge on any atom is -0.338 e. The van der Waals surface area contributed by atoms with Crippen LogP contribution in [0.3, 0.4) is 0 Å². The van der Waals surface area contributed by atoms with Crippen LogP contribution in [0, 0.1) is 0 Å². The van der Waals surface area contributed by atoms with Gasteiger partial charge in [-0.3, -0.25) is 9.20 Å². The molecule has 1 unspecified atom stereocenters. The molecule has 3 aromatic rings. The first-order chi connectivity index (χ1) is 11.8. The summed E-state index contributed by atoms with van der Waals surface area (Å²) in [5, 5.41) is 10.6. The van der Waals surface area contributed by atoms with E-state index in [4.69, 9.17) is 0 Å². The molecule has 24 heavy (non-hydrogen) atoms. The van der Waals surface area contributed by atoms with Crippen molar-refractivity contribution in [3.05, 3.63) is 58.7 Å².